The van der Waals surface area contributed by atoms with Gasteiger partial charge in [0.05, 0.1) is 17.6 Å². The fourth-order valence-corrected chi connectivity index (χ4v) is 2.95. The molecule has 3 aromatic rings. The van der Waals surface area contributed by atoms with Gasteiger partial charge in [-0.2, -0.15) is 13.5 Å². The molecule has 0 bridgehead atoms. The molecule has 2 aromatic heterocycles. The van der Waals surface area contributed by atoms with Crippen molar-refractivity contribution in [2.45, 2.75) is 11.9 Å². The molecule has 108 valence electrons. The first-order valence-electron chi connectivity index (χ1n) is 6.20. The first-order chi connectivity index (χ1) is 10.1. The van der Waals surface area contributed by atoms with E-state index >= 15 is 0 Å². The normalized spacial score (nSPS) is 11.5. The largest absolute Gasteiger partial charge is 0.332 e. The number of hydrogen-bond donors (Lipinski definition) is 2. The second-order valence-electron chi connectivity index (χ2n) is 4.41. The molecule has 0 aliphatic heterocycles. The van der Waals surface area contributed by atoms with Crippen LogP contribution in [0.15, 0.2) is 53.9 Å². The first kappa shape index (κ1) is 13.4. The summed E-state index contributed by atoms with van der Waals surface area (Å²) in [7, 11) is -3.72. The number of nitrogens with one attached hydrogen (secondary N) is 2. The number of nitrogens with zero attached hydrogens (tertiary/aromatic N) is 3. The molecule has 0 saturated heterocycles. The zero-order chi connectivity index (χ0) is 14.9. The molecular formula is C13H13N5O2S. The highest BCUT2D eigenvalue weighted by molar-refractivity contribution is 7.92. The zero-order valence-corrected chi connectivity index (χ0v) is 12.0. The van der Waals surface area contributed by atoms with Crippen molar-refractivity contribution in [2.75, 3.05) is 4.72 Å². The standard InChI is InChI=1S/C13H13N5O2S/c1-10-14-9-13(16-10)21(19,20)17-11-5-2-3-6-12(11)18-8-4-7-15-18/h2-9,17H,1H3,(H,14,16). The van der Waals surface area contributed by atoms with Gasteiger partial charge in [-0.3, -0.25) is 4.72 Å². The van der Waals surface area contributed by atoms with Crippen molar-refractivity contribution in [1.82, 2.24) is 19.7 Å². The number of rotatable bonds is 4. The highest BCUT2D eigenvalue weighted by atomic mass is 32.2. The molecule has 1 aromatic carbocycles. The van der Waals surface area contributed by atoms with Crippen LogP contribution in [0.2, 0.25) is 0 Å². The topological polar surface area (TPSA) is 92.7 Å². The van der Waals surface area contributed by atoms with Crippen molar-refractivity contribution in [2.24, 2.45) is 0 Å². The Hall–Kier alpha value is -2.61. The fraction of sp³-hybridized carbons (Fsp3) is 0.0769. The van der Waals surface area contributed by atoms with Crippen molar-refractivity contribution in [3.63, 3.8) is 0 Å². The average Bonchev–Trinajstić information content (AvgIpc) is 3.10. The minimum Gasteiger partial charge on any atom is -0.332 e. The lowest BCUT2D eigenvalue weighted by atomic mass is 10.3. The Morgan fingerprint density at radius 3 is 2.71 bits per heavy atom. The summed E-state index contributed by atoms with van der Waals surface area (Å²) >= 11 is 0. The van der Waals surface area contributed by atoms with Crippen LogP contribution in [-0.4, -0.2) is 28.2 Å². The number of para-hydroxylation sites is 2. The summed E-state index contributed by atoms with van der Waals surface area (Å²) in [4.78, 5) is 6.61. The third-order valence-corrected chi connectivity index (χ3v) is 4.14. The molecular weight excluding hydrogens is 290 g/mol. The number of H-pyrrole nitrogens is 1. The van der Waals surface area contributed by atoms with Gasteiger partial charge in [-0.25, -0.2) is 9.67 Å². The van der Waals surface area contributed by atoms with Crippen LogP contribution in [0.3, 0.4) is 0 Å². The van der Waals surface area contributed by atoms with E-state index in [0.29, 0.717) is 17.2 Å². The third-order valence-electron chi connectivity index (χ3n) is 2.87. The molecule has 0 spiro atoms. The molecule has 21 heavy (non-hydrogen) atoms. The van der Waals surface area contributed by atoms with Gasteiger partial charge in [0.25, 0.3) is 10.0 Å². The maximum Gasteiger partial charge on any atom is 0.279 e. The van der Waals surface area contributed by atoms with Crippen molar-refractivity contribution in [1.29, 1.82) is 0 Å². The molecule has 8 heteroatoms. The van der Waals surface area contributed by atoms with E-state index in [1.165, 1.54) is 6.20 Å². The lowest BCUT2D eigenvalue weighted by Gasteiger charge is -2.11. The summed E-state index contributed by atoms with van der Waals surface area (Å²) in [5.41, 5.74) is 1.08. The van der Waals surface area contributed by atoms with Gasteiger partial charge < -0.3 is 4.98 Å². The van der Waals surface area contributed by atoms with Gasteiger partial charge >= 0.3 is 0 Å². The minimum absolute atomic E-state index is 0.0234. The Morgan fingerprint density at radius 2 is 2.05 bits per heavy atom. The monoisotopic (exact) mass is 303 g/mol. The SMILES string of the molecule is Cc1ncc(S(=O)(=O)Nc2ccccc2-n2cccn2)[nH]1. The number of aryl methyl sites for hydroxylation is 1. The van der Waals surface area contributed by atoms with E-state index in [2.05, 4.69) is 19.8 Å². The van der Waals surface area contributed by atoms with Gasteiger partial charge in [0.2, 0.25) is 0 Å². The van der Waals surface area contributed by atoms with E-state index in [0.717, 1.165) is 0 Å². The van der Waals surface area contributed by atoms with Crippen LogP contribution < -0.4 is 4.72 Å². The number of imidazole rings is 1. The third kappa shape index (κ3) is 2.65. The maximum absolute atomic E-state index is 12.3. The molecule has 0 radical (unpaired) electrons. The minimum atomic E-state index is -3.72. The second kappa shape index (κ2) is 5.06. The molecule has 0 amide bonds. The zero-order valence-electron chi connectivity index (χ0n) is 11.2. The highest BCUT2D eigenvalue weighted by Gasteiger charge is 2.18. The van der Waals surface area contributed by atoms with Crippen LogP contribution in [0.1, 0.15) is 5.82 Å². The molecule has 7 nitrogen and oxygen atoms in total. The van der Waals surface area contributed by atoms with Crippen molar-refractivity contribution in [3.05, 3.63) is 54.7 Å². The van der Waals surface area contributed by atoms with E-state index in [1.807, 2.05) is 6.07 Å². The van der Waals surface area contributed by atoms with E-state index in [4.69, 9.17) is 0 Å². The van der Waals surface area contributed by atoms with Crippen LogP contribution in [0.5, 0.6) is 0 Å². The smallest absolute Gasteiger partial charge is 0.279 e. The van der Waals surface area contributed by atoms with Gasteiger partial charge in [-0.15, -0.1) is 0 Å². The van der Waals surface area contributed by atoms with E-state index < -0.39 is 10.0 Å². The Morgan fingerprint density at radius 1 is 1.24 bits per heavy atom. The second-order valence-corrected chi connectivity index (χ2v) is 6.06. The van der Waals surface area contributed by atoms with E-state index in [1.54, 1.807) is 48.3 Å². The molecule has 0 atom stereocenters. The Balaban J connectivity index is 1.99. The molecule has 0 saturated carbocycles. The van der Waals surface area contributed by atoms with Crippen LogP contribution >= 0.6 is 0 Å². The van der Waals surface area contributed by atoms with E-state index in [9.17, 15) is 8.42 Å². The van der Waals surface area contributed by atoms with Gasteiger partial charge in [-0.1, -0.05) is 12.1 Å². The van der Waals surface area contributed by atoms with Gasteiger partial charge in [0.1, 0.15) is 5.82 Å². The lowest BCUT2D eigenvalue weighted by molar-refractivity contribution is 0.598. The van der Waals surface area contributed by atoms with Crippen LogP contribution in [0, 0.1) is 6.92 Å². The predicted molar refractivity (Wildman–Crippen MR) is 77.7 cm³/mol. The molecule has 2 N–H and O–H groups in total. The van der Waals surface area contributed by atoms with Crippen LogP contribution in [0.4, 0.5) is 5.69 Å². The van der Waals surface area contributed by atoms with Crippen LogP contribution in [-0.2, 0) is 10.0 Å². The summed E-state index contributed by atoms with van der Waals surface area (Å²) in [5, 5.41) is 4.14. The Bertz CT molecular complexity index is 852. The van der Waals surface area contributed by atoms with Crippen LogP contribution in [0.25, 0.3) is 5.69 Å². The predicted octanol–water partition coefficient (Wildman–Crippen LogP) is 1.70. The molecule has 0 aliphatic carbocycles. The first-order valence-corrected chi connectivity index (χ1v) is 7.68. The quantitative estimate of drug-likeness (QED) is 0.767. The Kier molecular flexibility index (Phi) is 3.22. The summed E-state index contributed by atoms with van der Waals surface area (Å²) < 4.78 is 28.8. The Labute approximate surface area is 121 Å². The molecule has 0 aliphatic rings. The molecule has 0 unspecified atom stereocenters. The summed E-state index contributed by atoms with van der Waals surface area (Å²) in [6.45, 7) is 1.69. The molecule has 0 fully saturated rings. The van der Waals surface area contributed by atoms with Crippen molar-refractivity contribution >= 4 is 15.7 Å². The highest BCUT2D eigenvalue weighted by Crippen LogP contribution is 2.22. The number of anilines is 1. The molecule has 2 heterocycles. The van der Waals surface area contributed by atoms with Crippen molar-refractivity contribution < 1.29 is 8.42 Å². The number of hydrogen-bond acceptors (Lipinski definition) is 4. The maximum atomic E-state index is 12.3. The fourth-order valence-electron chi connectivity index (χ4n) is 1.91. The number of sulfonamides is 1. The summed E-state index contributed by atoms with van der Waals surface area (Å²) in [5.74, 6) is 0.538. The van der Waals surface area contributed by atoms with Crippen molar-refractivity contribution in [3.8, 4) is 5.69 Å². The van der Waals surface area contributed by atoms with Gasteiger partial charge in [0.15, 0.2) is 5.03 Å². The molecule has 3 rings (SSSR count). The number of benzene rings is 1. The summed E-state index contributed by atoms with van der Waals surface area (Å²) in [6, 6.07) is 8.79. The number of aromatic nitrogens is 4. The van der Waals surface area contributed by atoms with E-state index in [-0.39, 0.29) is 5.03 Å². The van der Waals surface area contributed by atoms with Gasteiger partial charge in [-0.05, 0) is 25.1 Å². The summed E-state index contributed by atoms with van der Waals surface area (Å²) in [6.07, 6.45) is 4.66. The van der Waals surface area contributed by atoms with Gasteiger partial charge in [0, 0.05) is 12.4 Å². The number of aromatic amines is 1. The average molecular weight is 303 g/mol. The lowest BCUT2D eigenvalue weighted by Crippen LogP contribution is -2.15.